The van der Waals surface area contributed by atoms with Crippen molar-refractivity contribution in [3.8, 4) is 0 Å². The zero-order valence-electron chi connectivity index (χ0n) is 13.0. The van der Waals surface area contributed by atoms with E-state index in [1.54, 1.807) is 48.5 Å². The van der Waals surface area contributed by atoms with E-state index >= 15 is 0 Å². The highest BCUT2D eigenvalue weighted by molar-refractivity contribution is 6.34. The van der Waals surface area contributed by atoms with Gasteiger partial charge in [-0.1, -0.05) is 60.1 Å². The maximum atomic E-state index is 13.8. The van der Waals surface area contributed by atoms with E-state index < -0.39 is 11.7 Å². The molecule has 0 aliphatic rings. The van der Waals surface area contributed by atoms with E-state index in [1.165, 1.54) is 12.1 Å². The van der Waals surface area contributed by atoms with Gasteiger partial charge in [-0.15, -0.1) is 0 Å². The summed E-state index contributed by atoms with van der Waals surface area (Å²) in [4.78, 5) is 24.8. The van der Waals surface area contributed by atoms with E-state index in [1.807, 2.05) is 6.07 Å². The fourth-order valence-electron chi connectivity index (χ4n) is 2.40. The monoisotopic (exact) mass is 353 g/mol. The molecule has 0 aromatic heterocycles. The molecule has 0 radical (unpaired) electrons. The van der Waals surface area contributed by atoms with Gasteiger partial charge in [-0.25, -0.2) is 4.39 Å². The fourth-order valence-corrected chi connectivity index (χ4v) is 2.65. The lowest BCUT2D eigenvalue weighted by Crippen LogP contribution is -2.15. The number of rotatable bonds is 4. The van der Waals surface area contributed by atoms with Crippen LogP contribution in [0.3, 0.4) is 0 Å². The number of halogens is 2. The van der Waals surface area contributed by atoms with E-state index in [0.717, 1.165) is 6.07 Å². The fraction of sp³-hybridized carbons (Fsp3) is 0. The van der Waals surface area contributed by atoms with Gasteiger partial charge < -0.3 is 5.32 Å². The Labute approximate surface area is 149 Å². The molecule has 0 heterocycles. The number of carbonyl (C=O) groups excluding carboxylic acids is 2. The van der Waals surface area contributed by atoms with E-state index in [9.17, 15) is 14.0 Å². The Morgan fingerprint density at radius 3 is 2.24 bits per heavy atom. The second kappa shape index (κ2) is 7.28. The quantitative estimate of drug-likeness (QED) is 0.674. The van der Waals surface area contributed by atoms with Gasteiger partial charge >= 0.3 is 0 Å². The van der Waals surface area contributed by atoms with Gasteiger partial charge in [-0.3, -0.25) is 9.59 Å². The van der Waals surface area contributed by atoms with Crippen LogP contribution in [0, 0.1) is 5.82 Å². The Bertz CT molecular complexity index is 921. The van der Waals surface area contributed by atoms with Gasteiger partial charge in [0.25, 0.3) is 5.91 Å². The minimum atomic E-state index is -0.707. The van der Waals surface area contributed by atoms with Crippen molar-refractivity contribution in [2.24, 2.45) is 0 Å². The molecule has 3 aromatic carbocycles. The molecular formula is C20H13ClFNO2. The van der Waals surface area contributed by atoms with Gasteiger partial charge in [-0.2, -0.15) is 0 Å². The van der Waals surface area contributed by atoms with Crippen molar-refractivity contribution in [3.63, 3.8) is 0 Å². The van der Waals surface area contributed by atoms with Gasteiger partial charge in [0.05, 0.1) is 10.6 Å². The molecule has 0 bridgehead atoms. The summed E-state index contributed by atoms with van der Waals surface area (Å²) >= 11 is 5.90. The van der Waals surface area contributed by atoms with Crippen molar-refractivity contribution in [2.45, 2.75) is 0 Å². The summed E-state index contributed by atoms with van der Waals surface area (Å²) < 4.78 is 13.8. The first-order valence-electron chi connectivity index (χ1n) is 7.51. The highest BCUT2D eigenvalue weighted by Gasteiger charge is 2.16. The predicted molar refractivity (Wildman–Crippen MR) is 95.7 cm³/mol. The summed E-state index contributed by atoms with van der Waals surface area (Å²) in [6.07, 6.45) is 0. The number of amides is 1. The Morgan fingerprint density at radius 1 is 0.840 bits per heavy atom. The Hall–Kier alpha value is -2.98. The van der Waals surface area contributed by atoms with E-state index in [2.05, 4.69) is 5.32 Å². The predicted octanol–water partition coefficient (Wildman–Crippen LogP) is 4.96. The van der Waals surface area contributed by atoms with Crippen LogP contribution in [0.15, 0.2) is 72.8 Å². The highest BCUT2D eigenvalue weighted by atomic mass is 35.5. The molecule has 0 saturated carbocycles. The molecule has 1 N–H and O–H groups in total. The molecule has 25 heavy (non-hydrogen) atoms. The second-order valence-corrected chi connectivity index (χ2v) is 5.73. The molecule has 0 fully saturated rings. The standard InChI is InChI=1S/C20H13ClFNO2/c21-16-10-5-11-17(22)18(16)20(25)23-15-9-4-8-14(12-15)19(24)13-6-2-1-3-7-13/h1-12H,(H,23,25). The summed E-state index contributed by atoms with van der Waals surface area (Å²) in [5, 5.41) is 2.59. The van der Waals surface area contributed by atoms with Crippen LogP contribution in [0.25, 0.3) is 0 Å². The summed E-state index contributed by atoms with van der Waals surface area (Å²) in [6.45, 7) is 0. The molecular weight excluding hydrogens is 341 g/mol. The minimum absolute atomic E-state index is 0.0222. The van der Waals surface area contributed by atoms with Crippen molar-refractivity contribution in [2.75, 3.05) is 5.32 Å². The number of hydrogen-bond acceptors (Lipinski definition) is 2. The normalized spacial score (nSPS) is 10.3. The Kier molecular flexibility index (Phi) is 4.91. The van der Waals surface area contributed by atoms with Crippen LogP contribution in [0.1, 0.15) is 26.3 Å². The lowest BCUT2D eigenvalue weighted by atomic mass is 10.0. The average molecular weight is 354 g/mol. The van der Waals surface area contributed by atoms with Crippen molar-refractivity contribution < 1.29 is 14.0 Å². The summed E-state index contributed by atoms with van der Waals surface area (Å²) in [5.41, 5.74) is 1.11. The molecule has 1 amide bonds. The van der Waals surface area contributed by atoms with E-state index in [4.69, 9.17) is 11.6 Å². The van der Waals surface area contributed by atoms with Gasteiger partial charge in [0.2, 0.25) is 0 Å². The number of hydrogen-bond donors (Lipinski definition) is 1. The molecule has 3 rings (SSSR count). The van der Waals surface area contributed by atoms with Crippen LogP contribution in [0.4, 0.5) is 10.1 Å². The molecule has 3 aromatic rings. The number of ketones is 1. The van der Waals surface area contributed by atoms with Crippen LogP contribution < -0.4 is 5.32 Å². The summed E-state index contributed by atoms with van der Waals surface area (Å²) in [7, 11) is 0. The molecule has 0 unspecified atom stereocenters. The van der Waals surface area contributed by atoms with Gasteiger partial charge in [-0.05, 0) is 24.3 Å². The van der Waals surface area contributed by atoms with E-state index in [-0.39, 0.29) is 16.4 Å². The molecule has 0 atom stereocenters. The number of nitrogens with one attached hydrogen (secondary N) is 1. The highest BCUT2D eigenvalue weighted by Crippen LogP contribution is 2.21. The smallest absolute Gasteiger partial charge is 0.260 e. The van der Waals surface area contributed by atoms with Crippen molar-refractivity contribution in [1.29, 1.82) is 0 Å². The van der Waals surface area contributed by atoms with Crippen molar-refractivity contribution in [1.82, 2.24) is 0 Å². The first-order valence-corrected chi connectivity index (χ1v) is 7.89. The Morgan fingerprint density at radius 2 is 1.52 bits per heavy atom. The van der Waals surface area contributed by atoms with Gasteiger partial charge in [0.15, 0.2) is 5.78 Å². The zero-order chi connectivity index (χ0) is 17.8. The SMILES string of the molecule is O=C(c1ccccc1)c1cccc(NC(=O)c2c(F)cccc2Cl)c1. The molecule has 0 aliphatic carbocycles. The van der Waals surface area contributed by atoms with Crippen LogP contribution in [-0.4, -0.2) is 11.7 Å². The van der Waals surface area contributed by atoms with Crippen molar-refractivity contribution in [3.05, 3.63) is 100 Å². The maximum absolute atomic E-state index is 13.8. The van der Waals surface area contributed by atoms with Crippen LogP contribution in [0.5, 0.6) is 0 Å². The largest absolute Gasteiger partial charge is 0.322 e. The molecule has 0 saturated heterocycles. The van der Waals surface area contributed by atoms with Crippen LogP contribution in [-0.2, 0) is 0 Å². The number of carbonyl (C=O) groups is 2. The molecule has 3 nitrogen and oxygen atoms in total. The number of anilines is 1. The minimum Gasteiger partial charge on any atom is -0.322 e. The first-order chi connectivity index (χ1) is 12.1. The lowest BCUT2D eigenvalue weighted by Gasteiger charge is -2.09. The first kappa shape index (κ1) is 16.9. The molecule has 0 spiro atoms. The molecule has 124 valence electrons. The maximum Gasteiger partial charge on any atom is 0.260 e. The Balaban J connectivity index is 1.85. The topological polar surface area (TPSA) is 46.2 Å². The van der Waals surface area contributed by atoms with Gasteiger partial charge in [0, 0.05) is 16.8 Å². The third kappa shape index (κ3) is 3.75. The lowest BCUT2D eigenvalue weighted by molar-refractivity contribution is 0.101. The van der Waals surface area contributed by atoms with Gasteiger partial charge in [0.1, 0.15) is 5.82 Å². The van der Waals surface area contributed by atoms with E-state index in [0.29, 0.717) is 16.8 Å². The summed E-state index contributed by atoms with van der Waals surface area (Å²) in [5.74, 6) is -1.55. The van der Waals surface area contributed by atoms with Crippen LogP contribution in [0.2, 0.25) is 5.02 Å². The number of benzene rings is 3. The average Bonchev–Trinajstić information content (AvgIpc) is 2.62. The second-order valence-electron chi connectivity index (χ2n) is 5.33. The van der Waals surface area contributed by atoms with Crippen molar-refractivity contribution >= 4 is 29.0 Å². The van der Waals surface area contributed by atoms with Crippen LogP contribution >= 0.6 is 11.6 Å². The molecule has 5 heteroatoms. The molecule has 0 aliphatic heterocycles. The zero-order valence-corrected chi connectivity index (χ0v) is 13.8. The third-order valence-electron chi connectivity index (χ3n) is 3.61. The third-order valence-corrected chi connectivity index (χ3v) is 3.92. The summed E-state index contributed by atoms with van der Waals surface area (Å²) in [6, 6.07) is 19.3.